The number of aromatic nitrogens is 2. The molecule has 0 radical (unpaired) electrons. The van der Waals surface area contributed by atoms with Gasteiger partial charge in [0.1, 0.15) is 11.6 Å². The van der Waals surface area contributed by atoms with E-state index in [1.807, 2.05) is 72.8 Å². The molecule has 0 unspecified atom stereocenters. The highest BCUT2D eigenvalue weighted by Crippen LogP contribution is 2.22. The van der Waals surface area contributed by atoms with Crippen molar-refractivity contribution in [3.05, 3.63) is 95.4 Å². The first-order valence-corrected chi connectivity index (χ1v) is 9.33. The van der Waals surface area contributed by atoms with Gasteiger partial charge in [-0.15, -0.1) is 0 Å². The molecule has 28 heavy (non-hydrogen) atoms. The van der Waals surface area contributed by atoms with Gasteiger partial charge in [-0.25, -0.2) is 4.98 Å². The van der Waals surface area contributed by atoms with Gasteiger partial charge in [0.15, 0.2) is 0 Å². The molecule has 0 fully saturated rings. The summed E-state index contributed by atoms with van der Waals surface area (Å²) in [6.07, 6.45) is 1.65. The van der Waals surface area contributed by atoms with Crippen LogP contribution >= 0.6 is 11.6 Å². The molecular weight excluding hydrogens is 372 g/mol. The summed E-state index contributed by atoms with van der Waals surface area (Å²) in [7, 11) is 0. The number of halogens is 1. The second kappa shape index (κ2) is 8.59. The molecular formula is C22H19ClN4O. The van der Waals surface area contributed by atoms with Crippen molar-refractivity contribution in [2.45, 2.75) is 13.1 Å². The maximum atomic E-state index is 5.96. The van der Waals surface area contributed by atoms with Crippen LogP contribution in [0.3, 0.4) is 0 Å². The standard InChI is InChI=1S/C22H19ClN4O/c23-18-10-8-16(9-11-18)14-24-21-13-20(17-5-2-1-3-6-17)26-22(27-21)25-15-19-7-4-12-28-19/h1-13H,14-15H2,(H2,24,25,26,27). The molecule has 0 saturated heterocycles. The van der Waals surface area contributed by atoms with E-state index in [0.29, 0.717) is 19.0 Å². The monoisotopic (exact) mass is 390 g/mol. The van der Waals surface area contributed by atoms with Crippen molar-refractivity contribution in [1.29, 1.82) is 0 Å². The summed E-state index contributed by atoms with van der Waals surface area (Å²) in [5.41, 5.74) is 2.99. The highest BCUT2D eigenvalue weighted by Gasteiger charge is 2.08. The van der Waals surface area contributed by atoms with Gasteiger partial charge in [-0.1, -0.05) is 54.1 Å². The molecule has 2 heterocycles. The summed E-state index contributed by atoms with van der Waals surface area (Å²) >= 11 is 5.96. The molecule has 0 atom stereocenters. The van der Waals surface area contributed by atoms with Gasteiger partial charge in [0.25, 0.3) is 0 Å². The Kier molecular flexibility index (Phi) is 5.54. The van der Waals surface area contributed by atoms with Crippen LogP contribution in [0.5, 0.6) is 0 Å². The van der Waals surface area contributed by atoms with E-state index in [9.17, 15) is 0 Å². The number of rotatable bonds is 7. The molecule has 0 amide bonds. The predicted octanol–water partition coefficient (Wildman–Crippen LogP) is 5.61. The second-order valence-corrected chi connectivity index (χ2v) is 6.68. The second-order valence-electron chi connectivity index (χ2n) is 6.24. The lowest BCUT2D eigenvalue weighted by Crippen LogP contribution is -2.07. The van der Waals surface area contributed by atoms with Gasteiger partial charge in [0.2, 0.25) is 5.95 Å². The van der Waals surface area contributed by atoms with Gasteiger partial charge in [-0.2, -0.15) is 4.98 Å². The van der Waals surface area contributed by atoms with Crippen molar-refractivity contribution in [2.75, 3.05) is 10.6 Å². The minimum absolute atomic E-state index is 0.516. The first kappa shape index (κ1) is 18.1. The number of anilines is 2. The van der Waals surface area contributed by atoms with Crippen molar-refractivity contribution in [2.24, 2.45) is 0 Å². The lowest BCUT2D eigenvalue weighted by molar-refractivity contribution is 0.517. The van der Waals surface area contributed by atoms with Crippen molar-refractivity contribution in [3.63, 3.8) is 0 Å². The summed E-state index contributed by atoms with van der Waals surface area (Å²) in [6, 6.07) is 23.5. The fourth-order valence-electron chi connectivity index (χ4n) is 2.75. The Balaban J connectivity index is 1.56. The largest absolute Gasteiger partial charge is 0.467 e. The maximum absolute atomic E-state index is 5.96. The molecule has 0 spiro atoms. The summed E-state index contributed by atoms with van der Waals surface area (Å²) in [5.74, 6) is 2.10. The average molecular weight is 391 g/mol. The smallest absolute Gasteiger partial charge is 0.225 e. The van der Waals surface area contributed by atoms with Crippen LogP contribution in [0.1, 0.15) is 11.3 Å². The molecule has 0 bridgehead atoms. The summed E-state index contributed by atoms with van der Waals surface area (Å²) in [6.45, 7) is 1.15. The Morgan fingerprint density at radius 3 is 2.39 bits per heavy atom. The van der Waals surface area contributed by atoms with E-state index in [1.165, 1.54) is 0 Å². The lowest BCUT2D eigenvalue weighted by atomic mass is 10.1. The number of hydrogen-bond donors (Lipinski definition) is 2. The van der Waals surface area contributed by atoms with Crippen molar-refractivity contribution < 1.29 is 4.42 Å². The minimum atomic E-state index is 0.516. The maximum Gasteiger partial charge on any atom is 0.225 e. The van der Waals surface area contributed by atoms with Crippen LogP contribution in [0.2, 0.25) is 5.02 Å². The SMILES string of the molecule is Clc1ccc(CNc2cc(-c3ccccc3)nc(NCc3ccco3)n2)cc1. The molecule has 0 saturated carbocycles. The zero-order valence-corrected chi connectivity index (χ0v) is 15.9. The molecule has 0 aliphatic carbocycles. The van der Waals surface area contributed by atoms with Gasteiger partial charge < -0.3 is 15.1 Å². The molecule has 2 aromatic heterocycles. The van der Waals surface area contributed by atoms with Gasteiger partial charge in [-0.05, 0) is 29.8 Å². The Morgan fingerprint density at radius 1 is 0.821 bits per heavy atom. The molecule has 2 aromatic carbocycles. The Hall–Kier alpha value is -3.31. The van der Waals surface area contributed by atoms with E-state index >= 15 is 0 Å². The summed E-state index contributed by atoms with van der Waals surface area (Å²) < 4.78 is 5.37. The average Bonchev–Trinajstić information content (AvgIpc) is 3.26. The molecule has 6 heteroatoms. The third-order valence-electron chi connectivity index (χ3n) is 4.18. The first-order valence-electron chi connectivity index (χ1n) is 8.95. The van der Waals surface area contributed by atoms with E-state index in [4.69, 9.17) is 16.0 Å². The molecule has 4 rings (SSSR count). The van der Waals surface area contributed by atoms with E-state index in [0.717, 1.165) is 33.4 Å². The van der Waals surface area contributed by atoms with Gasteiger partial charge in [-0.3, -0.25) is 0 Å². The number of furan rings is 1. The zero-order chi connectivity index (χ0) is 19.2. The third kappa shape index (κ3) is 4.69. The number of nitrogens with zero attached hydrogens (tertiary/aromatic N) is 2. The van der Waals surface area contributed by atoms with E-state index < -0.39 is 0 Å². The van der Waals surface area contributed by atoms with E-state index in [-0.39, 0.29) is 0 Å². The molecule has 0 aliphatic heterocycles. The van der Waals surface area contributed by atoms with Crippen LogP contribution in [0.15, 0.2) is 83.5 Å². The highest BCUT2D eigenvalue weighted by molar-refractivity contribution is 6.30. The van der Waals surface area contributed by atoms with Crippen LogP contribution in [-0.2, 0) is 13.1 Å². The Bertz CT molecular complexity index is 1020. The van der Waals surface area contributed by atoms with Crippen LogP contribution in [0.4, 0.5) is 11.8 Å². The van der Waals surface area contributed by atoms with E-state index in [2.05, 4.69) is 20.6 Å². The van der Waals surface area contributed by atoms with Crippen LogP contribution in [0, 0.1) is 0 Å². The highest BCUT2D eigenvalue weighted by atomic mass is 35.5. The van der Waals surface area contributed by atoms with Crippen LogP contribution < -0.4 is 10.6 Å². The third-order valence-corrected chi connectivity index (χ3v) is 4.44. The Labute approximate surface area is 168 Å². The minimum Gasteiger partial charge on any atom is -0.467 e. The number of benzene rings is 2. The summed E-state index contributed by atoms with van der Waals surface area (Å²) in [4.78, 5) is 9.24. The van der Waals surface area contributed by atoms with Gasteiger partial charge in [0, 0.05) is 23.2 Å². The fraction of sp³-hybridized carbons (Fsp3) is 0.0909. The van der Waals surface area contributed by atoms with Gasteiger partial charge in [0.05, 0.1) is 18.5 Å². The van der Waals surface area contributed by atoms with Crippen LogP contribution in [0.25, 0.3) is 11.3 Å². The molecule has 5 nitrogen and oxygen atoms in total. The number of hydrogen-bond acceptors (Lipinski definition) is 5. The summed E-state index contributed by atoms with van der Waals surface area (Å²) in [5, 5.41) is 7.32. The molecule has 4 aromatic rings. The van der Waals surface area contributed by atoms with Crippen molar-refractivity contribution >= 4 is 23.4 Å². The topological polar surface area (TPSA) is 63.0 Å². The number of nitrogens with one attached hydrogen (secondary N) is 2. The molecule has 0 aliphatic rings. The first-order chi connectivity index (χ1) is 13.8. The van der Waals surface area contributed by atoms with Crippen molar-refractivity contribution in [3.8, 4) is 11.3 Å². The fourth-order valence-corrected chi connectivity index (χ4v) is 2.87. The Morgan fingerprint density at radius 2 is 1.64 bits per heavy atom. The predicted molar refractivity (Wildman–Crippen MR) is 112 cm³/mol. The van der Waals surface area contributed by atoms with E-state index in [1.54, 1.807) is 6.26 Å². The quantitative estimate of drug-likeness (QED) is 0.429. The van der Waals surface area contributed by atoms with Gasteiger partial charge >= 0.3 is 0 Å². The molecule has 2 N–H and O–H groups in total. The zero-order valence-electron chi connectivity index (χ0n) is 15.1. The normalized spacial score (nSPS) is 10.6. The molecule has 140 valence electrons. The lowest BCUT2D eigenvalue weighted by Gasteiger charge is -2.11. The van der Waals surface area contributed by atoms with Crippen LogP contribution in [-0.4, -0.2) is 9.97 Å². The van der Waals surface area contributed by atoms with Crippen molar-refractivity contribution in [1.82, 2.24) is 9.97 Å².